The third-order valence-corrected chi connectivity index (χ3v) is 4.33. The molecule has 2 aromatic rings. The van der Waals surface area contributed by atoms with Gasteiger partial charge in [-0.2, -0.15) is 0 Å². The van der Waals surface area contributed by atoms with Crippen molar-refractivity contribution in [3.8, 4) is 5.75 Å². The average molecular weight is 295 g/mol. The fraction of sp³-hybridized carbons (Fsp3) is 0.316. The lowest BCUT2D eigenvalue weighted by atomic mass is 9.98. The van der Waals surface area contributed by atoms with Gasteiger partial charge in [0.25, 0.3) is 0 Å². The number of hydrogen-bond acceptors (Lipinski definition) is 3. The van der Waals surface area contributed by atoms with Crippen LogP contribution >= 0.6 is 0 Å². The second-order valence-corrected chi connectivity index (χ2v) is 5.89. The number of carbonyl (C=O) groups excluding carboxylic acids is 1. The number of aromatic hydroxyl groups is 1. The lowest BCUT2D eigenvalue weighted by molar-refractivity contribution is 0.0921. The van der Waals surface area contributed by atoms with Crippen LogP contribution in [-0.2, 0) is 19.4 Å². The molecule has 0 bridgehead atoms. The maximum absolute atomic E-state index is 12.4. The van der Waals surface area contributed by atoms with E-state index in [4.69, 9.17) is 0 Å². The van der Waals surface area contributed by atoms with Crippen LogP contribution in [0.4, 0.5) is 0 Å². The van der Waals surface area contributed by atoms with Crippen LogP contribution in [0, 0.1) is 0 Å². The van der Waals surface area contributed by atoms with Gasteiger partial charge in [0.1, 0.15) is 5.75 Å². The summed E-state index contributed by atoms with van der Waals surface area (Å²) in [5, 5.41) is 9.60. The number of rotatable bonds is 4. The van der Waals surface area contributed by atoms with E-state index in [0.717, 1.165) is 37.1 Å². The number of aryl methyl sites for hydroxylation is 1. The Kier molecular flexibility index (Phi) is 4.25. The Morgan fingerprint density at radius 2 is 1.91 bits per heavy atom. The van der Waals surface area contributed by atoms with Gasteiger partial charge in [-0.1, -0.05) is 37.3 Å². The Balaban J connectivity index is 1.67. The molecule has 0 saturated heterocycles. The van der Waals surface area contributed by atoms with Crippen molar-refractivity contribution in [2.75, 3.05) is 13.1 Å². The molecule has 3 rings (SSSR count). The Labute approximate surface area is 131 Å². The van der Waals surface area contributed by atoms with E-state index in [2.05, 4.69) is 11.8 Å². The van der Waals surface area contributed by atoms with Gasteiger partial charge >= 0.3 is 0 Å². The van der Waals surface area contributed by atoms with Gasteiger partial charge < -0.3 is 5.11 Å². The minimum atomic E-state index is 0.159. The van der Waals surface area contributed by atoms with E-state index in [1.807, 2.05) is 36.4 Å². The molecule has 2 aromatic carbocycles. The molecular weight excluding hydrogens is 274 g/mol. The van der Waals surface area contributed by atoms with Gasteiger partial charge in [0.15, 0.2) is 5.78 Å². The SMILES string of the molecule is CCc1ccc(C(=O)CN2CCc3ccc(O)cc3C2)cc1. The lowest BCUT2D eigenvalue weighted by Gasteiger charge is -2.28. The predicted molar refractivity (Wildman–Crippen MR) is 87.2 cm³/mol. The normalized spacial score (nSPS) is 14.6. The maximum Gasteiger partial charge on any atom is 0.176 e. The zero-order chi connectivity index (χ0) is 15.5. The van der Waals surface area contributed by atoms with E-state index in [9.17, 15) is 9.90 Å². The van der Waals surface area contributed by atoms with Crippen LogP contribution in [0.15, 0.2) is 42.5 Å². The predicted octanol–water partition coefficient (Wildman–Crippen LogP) is 3.20. The molecule has 0 aromatic heterocycles. The summed E-state index contributed by atoms with van der Waals surface area (Å²) in [6.07, 6.45) is 1.92. The highest BCUT2D eigenvalue weighted by Crippen LogP contribution is 2.23. The van der Waals surface area contributed by atoms with Crippen molar-refractivity contribution in [1.29, 1.82) is 0 Å². The molecule has 0 fully saturated rings. The Morgan fingerprint density at radius 1 is 1.14 bits per heavy atom. The van der Waals surface area contributed by atoms with Crippen LogP contribution in [0.5, 0.6) is 5.75 Å². The molecule has 1 aliphatic heterocycles. The molecule has 0 aliphatic carbocycles. The number of benzene rings is 2. The average Bonchev–Trinajstić information content (AvgIpc) is 2.54. The smallest absolute Gasteiger partial charge is 0.176 e. The fourth-order valence-electron chi connectivity index (χ4n) is 2.96. The van der Waals surface area contributed by atoms with Crippen molar-refractivity contribution in [1.82, 2.24) is 4.90 Å². The zero-order valence-electron chi connectivity index (χ0n) is 12.9. The zero-order valence-corrected chi connectivity index (χ0v) is 12.9. The molecule has 0 unspecified atom stereocenters. The Morgan fingerprint density at radius 3 is 2.64 bits per heavy atom. The van der Waals surface area contributed by atoms with E-state index >= 15 is 0 Å². The second kappa shape index (κ2) is 6.32. The molecule has 3 heteroatoms. The first kappa shape index (κ1) is 14.8. The Bertz CT molecular complexity index is 676. The first-order valence-electron chi connectivity index (χ1n) is 7.81. The molecule has 114 valence electrons. The van der Waals surface area contributed by atoms with Crippen LogP contribution in [0.1, 0.15) is 34.0 Å². The van der Waals surface area contributed by atoms with Gasteiger partial charge in [-0.05, 0) is 41.7 Å². The number of phenols is 1. The number of nitrogens with zero attached hydrogens (tertiary/aromatic N) is 1. The van der Waals surface area contributed by atoms with E-state index < -0.39 is 0 Å². The fourth-order valence-corrected chi connectivity index (χ4v) is 2.96. The molecular formula is C19H21NO2. The Hall–Kier alpha value is -2.13. The number of phenolic OH excluding ortho intramolecular Hbond substituents is 1. The van der Waals surface area contributed by atoms with Crippen molar-refractivity contribution in [3.05, 3.63) is 64.7 Å². The summed E-state index contributed by atoms with van der Waals surface area (Å²) in [6, 6.07) is 13.4. The van der Waals surface area contributed by atoms with E-state index in [-0.39, 0.29) is 5.78 Å². The molecule has 0 radical (unpaired) electrons. The molecule has 3 nitrogen and oxygen atoms in total. The minimum Gasteiger partial charge on any atom is -0.508 e. The van der Waals surface area contributed by atoms with Gasteiger partial charge in [0, 0.05) is 18.7 Å². The van der Waals surface area contributed by atoms with Crippen molar-refractivity contribution in [2.45, 2.75) is 26.3 Å². The van der Waals surface area contributed by atoms with Crippen LogP contribution < -0.4 is 0 Å². The summed E-state index contributed by atoms with van der Waals surface area (Å²) in [6.45, 7) is 4.15. The number of hydrogen-bond donors (Lipinski definition) is 1. The number of ketones is 1. The van der Waals surface area contributed by atoms with Gasteiger partial charge in [-0.25, -0.2) is 0 Å². The number of Topliss-reactive ketones (excluding diaryl/α,β-unsaturated/α-hetero) is 1. The van der Waals surface area contributed by atoms with Crippen molar-refractivity contribution < 1.29 is 9.90 Å². The third-order valence-electron chi connectivity index (χ3n) is 4.33. The summed E-state index contributed by atoms with van der Waals surface area (Å²) in [5.41, 5.74) is 4.42. The molecule has 0 amide bonds. The summed E-state index contributed by atoms with van der Waals surface area (Å²) in [7, 11) is 0. The standard InChI is InChI=1S/C19H21NO2/c1-2-14-3-5-16(6-4-14)19(22)13-20-10-9-15-7-8-18(21)11-17(15)12-20/h3-8,11,21H,2,9-10,12-13H2,1H3. The van der Waals surface area contributed by atoms with Crippen LogP contribution in [0.2, 0.25) is 0 Å². The first-order valence-corrected chi connectivity index (χ1v) is 7.81. The summed E-state index contributed by atoms with van der Waals surface area (Å²) in [5.74, 6) is 0.452. The number of fused-ring (bicyclic) bond motifs is 1. The van der Waals surface area contributed by atoms with Crippen LogP contribution in [0.25, 0.3) is 0 Å². The molecule has 1 N–H and O–H groups in total. The van der Waals surface area contributed by atoms with Crippen LogP contribution in [-0.4, -0.2) is 28.9 Å². The highest BCUT2D eigenvalue weighted by atomic mass is 16.3. The molecule has 0 atom stereocenters. The molecule has 1 heterocycles. The maximum atomic E-state index is 12.4. The van der Waals surface area contributed by atoms with E-state index in [1.54, 1.807) is 6.07 Å². The van der Waals surface area contributed by atoms with Crippen molar-refractivity contribution in [2.24, 2.45) is 0 Å². The van der Waals surface area contributed by atoms with Gasteiger partial charge in [-0.15, -0.1) is 0 Å². The monoisotopic (exact) mass is 295 g/mol. The first-order chi connectivity index (χ1) is 10.7. The van der Waals surface area contributed by atoms with Crippen molar-refractivity contribution >= 4 is 5.78 Å². The quantitative estimate of drug-likeness (QED) is 0.881. The van der Waals surface area contributed by atoms with Crippen LogP contribution in [0.3, 0.4) is 0 Å². The molecule has 22 heavy (non-hydrogen) atoms. The third kappa shape index (κ3) is 3.20. The summed E-state index contributed by atoms with van der Waals surface area (Å²) >= 11 is 0. The minimum absolute atomic E-state index is 0.159. The molecule has 0 saturated carbocycles. The lowest BCUT2D eigenvalue weighted by Crippen LogP contribution is -2.34. The van der Waals surface area contributed by atoms with Crippen molar-refractivity contribution in [3.63, 3.8) is 0 Å². The van der Waals surface area contributed by atoms with Gasteiger partial charge in [-0.3, -0.25) is 9.69 Å². The largest absolute Gasteiger partial charge is 0.508 e. The summed E-state index contributed by atoms with van der Waals surface area (Å²) in [4.78, 5) is 14.6. The van der Waals surface area contributed by atoms with Gasteiger partial charge in [0.2, 0.25) is 0 Å². The van der Waals surface area contributed by atoms with Gasteiger partial charge in [0.05, 0.1) is 6.54 Å². The highest BCUT2D eigenvalue weighted by molar-refractivity contribution is 5.97. The molecule has 0 spiro atoms. The summed E-state index contributed by atoms with van der Waals surface area (Å²) < 4.78 is 0. The highest BCUT2D eigenvalue weighted by Gasteiger charge is 2.19. The topological polar surface area (TPSA) is 40.5 Å². The number of carbonyl (C=O) groups is 1. The van der Waals surface area contributed by atoms with E-state index in [1.165, 1.54) is 11.1 Å². The second-order valence-electron chi connectivity index (χ2n) is 5.89. The molecule has 1 aliphatic rings. The van der Waals surface area contributed by atoms with E-state index in [0.29, 0.717) is 12.3 Å².